The smallest absolute Gasteiger partial charge is 0.270 e. The average Bonchev–Trinajstić information content (AvgIpc) is 2.81. The van der Waals surface area contributed by atoms with E-state index in [0.29, 0.717) is 5.56 Å². The average molecular weight is 216 g/mol. The molecule has 1 aromatic carbocycles. The third-order valence-electron chi connectivity index (χ3n) is 2.14. The van der Waals surface area contributed by atoms with Crippen LogP contribution < -0.4 is 0 Å². The summed E-state index contributed by atoms with van der Waals surface area (Å²) in [5.74, 6) is -0.284. The molecule has 1 heterocycles. The minimum atomic E-state index is -0.521. The van der Waals surface area contributed by atoms with Gasteiger partial charge in [0.15, 0.2) is 0 Å². The van der Waals surface area contributed by atoms with E-state index in [4.69, 9.17) is 0 Å². The maximum atomic E-state index is 11.8. The highest BCUT2D eigenvalue weighted by molar-refractivity contribution is 5.96. The van der Waals surface area contributed by atoms with E-state index >= 15 is 0 Å². The zero-order chi connectivity index (χ0) is 11.5. The van der Waals surface area contributed by atoms with Crippen molar-refractivity contribution < 1.29 is 9.72 Å². The summed E-state index contributed by atoms with van der Waals surface area (Å²) < 4.78 is 1.37. The third-order valence-corrected chi connectivity index (χ3v) is 2.14. The van der Waals surface area contributed by atoms with E-state index in [0.717, 1.165) is 0 Å². The molecular formula is C11H8N2O3. The molecule has 0 spiro atoms. The minimum absolute atomic E-state index is 0.0852. The highest BCUT2D eigenvalue weighted by Crippen LogP contribution is 2.14. The highest BCUT2D eigenvalue weighted by atomic mass is 16.6. The molecule has 0 unspecified atom stereocenters. The molecule has 0 bridgehead atoms. The summed E-state index contributed by atoms with van der Waals surface area (Å²) in [6, 6.07) is 9.10. The summed E-state index contributed by atoms with van der Waals surface area (Å²) >= 11 is 0. The van der Waals surface area contributed by atoms with Crippen molar-refractivity contribution in [3.63, 3.8) is 0 Å². The molecule has 80 valence electrons. The molecule has 0 aliphatic rings. The topological polar surface area (TPSA) is 65.1 Å². The molecule has 0 saturated heterocycles. The molecule has 0 saturated carbocycles. The van der Waals surface area contributed by atoms with Gasteiger partial charge in [0.05, 0.1) is 4.92 Å². The minimum Gasteiger partial charge on any atom is -0.291 e. The molecule has 0 aliphatic heterocycles. The Balaban J connectivity index is 2.38. The van der Waals surface area contributed by atoms with Crippen LogP contribution in [0.1, 0.15) is 10.4 Å². The fourth-order valence-corrected chi connectivity index (χ4v) is 1.37. The fraction of sp³-hybridized carbons (Fsp3) is 0. The van der Waals surface area contributed by atoms with Crippen LogP contribution in [0, 0.1) is 10.1 Å². The van der Waals surface area contributed by atoms with Gasteiger partial charge < -0.3 is 0 Å². The normalized spacial score (nSPS) is 10.0. The van der Waals surface area contributed by atoms with E-state index in [1.165, 1.54) is 22.8 Å². The summed E-state index contributed by atoms with van der Waals surface area (Å²) in [6.07, 6.45) is 3.20. The van der Waals surface area contributed by atoms with Gasteiger partial charge in [-0.2, -0.15) is 0 Å². The quantitative estimate of drug-likeness (QED) is 0.570. The Hall–Kier alpha value is -2.43. The first-order valence-corrected chi connectivity index (χ1v) is 4.60. The van der Waals surface area contributed by atoms with Crippen LogP contribution in [-0.2, 0) is 0 Å². The predicted molar refractivity (Wildman–Crippen MR) is 57.3 cm³/mol. The van der Waals surface area contributed by atoms with Gasteiger partial charge in [0, 0.05) is 30.1 Å². The first-order valence-electron chi connectivity index (χ1n) is 4.60. The van der Waals surface area contributed by atoms with Gasteiger partial charge in [-0.25, -0.2) is 0 Å². The van der Waals surface area contributed by atoms with Gasteiger partial charge in [0.1, 0.15) is 0 Å². The molecule has 0 N–H and O–H groups in total. The van der Waals surface area contributed by atoms with Crippen molar-refractivity contribution in [1.82, 2.24) is 4.57 Å². The van der Waals surface area contributed by atoms with Crippen LogP contribution in [0.15, 0.2) is 48.8 Å². The number of nitro benzene ring substituents is 1. The lowest BCUT2D eigenvalue weighted by Gasteiger charge is -2.01. The third kappa shape index (κ3) is 1.83. The lowest BCUT2D eigenvalue weighted by Crippen LogP contribution is -2.09. The maximum absolute atomic E-state index is 11.8. The summed E-state index contributed by atoms with van der Waals surface area (Å²) in [5, 5.41) is 10.5. The molecule has 0 atom stereocenters. The predicted octanol–water partition coefficient (Wildman–Crippen LogP) is 2.08. The monoisotopic (exact) mass is 216 g/mol. The molecule has 5 nitrogen and oxygen atoms in total. The van der Waals surface area contributed by atoms with Crippen molar-refractivity contribution in [3.8, 4) is 0 Å². The zero-order valence-corrected chi connectivity index (χ0v) is 8.24. The number of hydrogen-bond donors (Lipinski definition) is 0. The van der Waals surface area contributed by atoms with Crippen LogP contribution in [0.25, 0.3) is 0 Å². The molecule has 0 radical (unpaired) electrons. The Bertz CT molecular complexity index is 532. The van der Waals surface area contributed by atoms with Crippen molar-refractivity contribution in [2.45, 2.75) is 0 Å². The van der Waals surface area contributed by atoms with Gasteiger partial charge in [0.25, 0.3) is 11.6 Å². The summed E-state index contributed by atoms with van der Waals surface area (Å²) in [4.78, 5) is 21.9. The molecular weight excluding hydrogens is 208 g/mol. The van der Waals surface area contributed by atoms with E-state index in [-0.39, 0.29) is 11.6 Å². The second kappa shape index (κ2) is 3.98. The standard InChI is InChI=1S/C11H8N2O3/c14-11(12-6-1-2-7-12)9-4-3-5-10(8-9)13(15)16/h1-8H. The largest absolute Gasteiger partial charge is 0.291 e. The van der Waals surface area contributed by atoms with Gasteiger partial charge in [-0.1, -0.05) is 6.07 Å². The molecule has 0 fully saturated rings. The molecule has 2 rings (SSSR count). The van der Waals surface area contributed by atoms with Crippen LogP contribution >= 0.6 is 0 Å². The Labute approximate surface area is 91.1 Å². The number of aromatic nitrogens is 1. The summed E-state index contributed by atoms with van der Waals surface area (Å²) in [5.41, 5.74) is 0.211. The van der Waals surface area contributed by atoms with Gasteiger partial charge in [-0.05, 0) is 18.2 Å². The summed E-state index contributed by atoms with van der Waals surface area (Å²) in [6.45, 7) is 0. The number of non-ortho nitro benzene ring substituents is 1. The van der Waals surface area contributed by atoms with E-state index in [9.17, 15) is 14.9 Å². The SMILES string of the molecule is O=C(c1cccc([N+](=O)[O-])c1)n1cccc1. The van der Waals surface area contributed by atoms with Gasteiger partial charge in [-0.3, -0.25) is 19.5 Å². The van der Waals surface area contributed by atoms with Crippen molar-refractivity contribution in [3.05, 3.63) is 64.5 Å². The Morgan fingerprint density at radius 1 is 1.19 bits per heavy atom. The van der Waals surface area contributed by atoms with Gasteiger partial charge in [-0.15, -0.1) is 0 Å². The van der Waals surface area contributed by atoms with E-state index in [1.54, 1.807) is 30.6 Å². The van der Waals surface area contributed by atoms with Crippen molar-refractivity contribution in [2.24, 2.45) is 0 Å². The number of benzene rings is 1. The molecule has 16 heavy (non-hydrogen) atoms. The Kier molecular flexibility index (Phi) is 2.51. The van der Waals surface area contributed by atoms with Gasteiger partial charge >= 0.3 is 0 Å². The lowest BCUT2D eigenvalue weighted by atomic mass is 10.2. The zero-order valence-electron chi connectivity index (χ0n) is 8.24. The molecule has 0 aliphatic carbocycles. The molecule has 0 amide bonds. The van der Waals surface area contributed by atoms with Crippen LogP contribution in [-0.4, -0.2) is 15.4 Å². The van der Waals surface area contributed by atoms with Crippen LogP contribution in [0.2, 0.25) is 0 Å². The number of nitrogens with zero attached hydrogens (tertiary/aromatic N) is 2. The Morgan fingerprint density at radius 3 is 2.50 bits per heavy atom. The number of hydrogen-bond acceptors (Lipinski definition) is 3. The van der Waals surface area contributed by atoms with Crippen molar-refractivity contribution in [2.75, 3.05) is 0 Å². The van der Waals surface area contributed by atoms with Crippen LogP contribution in [0.4, 0.5) is 5.69 Å². The van der Waals surface area contributed by atoms with E-state index in [2.05, 4.69) is 0 Å². The molecule has 1 aromatic heterocycles. The second-order valence-corrected chi connectivity index (χ2v) is 3.20. The fourth-order valence-electron chi connectivity index (χ4n) is 1.37. The number of carbonyl (C=O) groups excluding carboxylic acids is 1. The number of rotatable bonds is 2. The number of carbonyl (C=O) groups is 1. The van der Waals surface area contributed by atoms with Crippen molar-refractivity contribution in [1.29, 1.82) is 0 Å². The van der Waals surface area contributed by atoms with Gasteiger partial charge in [0.2, 0.25) is 0 Å². The Morgan fingerprint density at radius 2 is 1.88 bits per heavy atom. The lowest BCUT2D eigenvalue weighted by molar-refractivity contribution is -0.384. The first-order chi connectivity index (χ1) is 7.68. The second-order valence-electron chi connectivity index (χ2n) is 3.20. The van der Waals surface area contributed by atoms with Crippen LogP contribution in [0.3, 0.4) is 0 Å². The van der Waals surface area contributed by atoms with E-state index in [1.807, 2.05) is 0 Å². The molecule has 5 heteroatoms. The molecule has 2 aromatic rings. The number of nitro groups is 1. The van der Waals surface area contributed by atoms with E-state index < -0.39 is 4.92 Å². The highest BCUT2D eigenvalue weighted by Gasteiger charge is 2.11. The maximum Gasteiger partial charge on any atom is 0.270 e. The van der Waals surface area contributed by atoms with Crippen LogP contribution in [0.5, 0.6) is 0 Å². The first kappa shape index (κ1) is 10.1. The van der Waals surface area contributed by atoms with Crippen molar-refractivity contribution >= 4 is 11.6 Å². The summed E-state index contributed by atoms with van der Waals surface area (Å²) in [7, 11) is 0.